The van der Waals surface area contributed by atoms with Crippen LogP contribution in [0.15, 0.2) is 45.4 Å². The first-order valence-corrected chi connectivity index (χ1v) is 13.8. The largest absolute Gasteiger partial charge is 0.460 e. The van der Waals surface area contributed by atoms with Crippen molar-refractivity contribution in [3.05, 3.63) is 59.0 Å². The third-order valence-corrected chi connectivity index (χ3v) is 6.56. The molecule has 1 aliphatic carbocycles. The monoisotopic (exact) mass is 536 g/mol. The molecule has 3 aromatic rings. The zero-order valence-electron chi connectivity index (χ0n) is 23.9. The molecule has 210 valence electrons. The smallest absolute Gasteiger partial charge is 0.306 e. The van der Waals surface area contributed by atoms with Gasteiger partial charge in [-0.1, -0.05) is 61.4 Å². The SMILES string of the molecule is CC(C)(C)OC(=O)C[C@H](CCCOCc1ccccc1)c1noc(-c2cc(C(=O)C(C)(C)C)on2)c1C1CC1. The highest BCUT2D eigenvalue weighted by Crippen LogP contribution is 2.48. The molecule has 1 aliphatic rings. The van der Waals surface area contributed by atoms with E-state index in [9.17, 15) is 9.59 Å². The quantitative estimate of drug-likeness (QED) is 0.135. The van der Waals surface area contributed by atoms with Gasteiger partial charge in [0.1, 0.15) is 5.60 Å². The van der Waals surface area contributed by atoms with E-state index in [1.807, 2.05) is 71.9 Å². The molecule has 0 amide bonds. The molecule has 1 fully saturated rings. The Labute approximate surface area is 230 Å². The van der Waals surface area contributed by atoms with Crippen LogP contribution in [0.4, 0.5) is 0 Å². The van der Waals surface area contributed by atoms with Crippen LogP contribution in [0.5, 0.6) is 0 Å². The predicted molar refractivity (Wildman–Crippen MR) is 146 cm³/mol. The topological polar surface area (TPSA) is 105 Å². The van der Waals surface area contributed by atoms with E-state index in [4.69, 9.17) is 18.5 Å². The molecule has 0 saturated heterocycles. The summed E-state index contributed by atoms with van der Waals surface area (Å²) in [6.07, 6.45) is 3.64. The van der Waals surface area contributed by atoms with Gasteiger partial charge in [-0.15, -0.1) is 0 Å². The van der Waals surface area contributed by atoms with E-state index in [-0.39, 0.29) is 35.8 Å². The van der Waals surface area contributed by atoms with Gasteiger partial charge < -0.3 is 18.5 Å². The Kier molecular flexibility index (Phi) is 8.74. The Hall–Kier alpha value is -3.26. The van der Waals surface area contributed by atoms with Crippen LogP contribution in [0, 0.1) is 5.41 Å². The first-order valence-electron chi connectivity index (χ1n) is 13.8. The number of ketones is 1. The summed E-state index contributed by atoms with van der Waals surface area (Å²) in [4.78, 5) is 25.6. The van der Waals surface area contributed by atoms with Gasteiger partial charge in [-0.3, -0.25) is 9.59 Å². The number of Topliss-reactive ketones (excluding diaryl/α,β-unsaturated/α-hetero) is 1. The van der Waals surface area contributed by atoms with Gasteiger partial charge in [0.2, 0.25) is 11.5 Å². The van der Waals surface area contributed by atoms with E-state index >= 15 is 0 Å². The van der Waals surface area contributed by atoms with Gasteiger partial charge in [0.05, 0.1) is 18.7 Å². The molecule has 4 rings (SSSR count). The summed E-state index contributed by atoms with van der Waals surface area (Å²) in [7, 11) is 0. The minimum Gasteiger partial charge on any atom is -0.460 e. The highest BCUT2D eigenvalue weighted by Gasteiger charge is 2.38. The number of esters is 1. The van der Waals surface area contributed by atoms with Crippen LogP contribution in [0.2, 0.25) is 0 Å². The van der Waals surface area contributed by atoms with Crippen LogP contribution < -0.4 is 0 Å². The van der Waals surface area contributed by atoms with Crippen LogP contribution in [0.25, 0.3) is 11.5 Å². The maximum atomic E-state index is 12.9. The van der Waals surface area contributed by atoms with E-state index in [1.165, 1.54) is 0 Å². The molecule has 8 nitrogen and oxygen atoms in total. The average Bonchev–Trinajstić information content (AvgIpc) is 3.41. The lowest BCUT2D eigenvalue weighted by Crippen LogP contribution is -2.25. The molecule has 0 bridgehead atoms. The highest BCUT2D eigenvalue weighted by atomic mass is 16.6. The lowest BCUT2D eigenvalue weighted by atomic mass is 9.89. The number of ether oxygens (including phenoxy) is 2. The van der Waals surface area contributed by atoms with Gasteiger partial charge >= 0.3 is 5.97 Å². The molecule has 8 heteroatoms. The van der Waals surface area contributed by atoms with Crippen molar-refractivity contribution < 1.29 is 28.1 Å². The summed E-state index contributed by atoms with van der Waals surface area (Å²) in [6.45, 7) is 12.2. The van der Waals surface area contributed by atoms with Crippen molar-refractivity contribution in [3.63, 3.8) is 0 Å². The van der Waals surface area contributed by atoms with E-state index in [1.54, 1.807) is 6.07 Å². The normalized spacial score (nSPS) is 14.8. The molecular weight excluding hydrogens is 496 g/mol. The molecule has 1 atom stereocenters. The third kappa shape index (κ3) is 7.88. The maximum absolute atomic E-state index is 12.9. The van der Waals surface area contributed by atoms with Crippen molar-refractivity contribution in [2.75, 3.05) is 6.61 Å². The average molecular weight is 537 g/mol. The van der Waals surface area contributed by atoms with Crippen LogP contribution in [-0.4, -0.2) is 34.3 Å². The molecule has 0 aliphatic heterocycles. The van der Waals surface area contributed by atoms with Gasteiger partial charge in [-0.25, -0.2) is 0 Å². The van der Waals surface area contributed by atoms with Crippen molar-refractivity contribution >= 4 is 11.8 Å². The van der Waals surface area contributed by atoms with Crippen molar-refractivity contribution in [1.29, 1.82) is 0 Å². The van der Waals surface area contributed by atoms with Crippen molar-refractivity contribution in [2.45, 2.75) is 97.7 Å². The van der Waals surface area contributed by atoms with E-state index < -0.39 is 11.0 Å². The summed E-state index contributed by atoms with van der Waals surface area (Å²) in [5.74, 6) is 0.374. The molecule has 0 radical (unpaired) electrons. The molecule has 39 heavy (non-hydrogen) atoms. The van der Waals surface area contributed by atoms with Gasteiger partial charge in [0.15, 0.2) is 11.5 Å². The molecule has 0 unspecified atom stereocenters. The minimum absolute atomic E-state index is 0.132. The van der Waals surface area contributed by atoms with E-state index in [2.05, 4.69) is 10.3 Å². The molecular formula is C31H40N2O6. The summed E-state index contributed by atoms with van der Waals surface area (Å²) in [5, 5.41) is 8.61. The van der Waals surface area contributed by atoms with Crippen LogP contribution >= 0.6 is 0 Å². The number of hydrogen-bond acceptors (Lipinski definition) is 8. The molecule has 2 heterocycles. The maximum Gasteiger partial charge on any atom is 0.306 e. The Morgan fingerprint density at radius 3 is 2.38 bits per heavy atom. The van der Waals surface area contributed by atoms with Gasteiger partial charge in [0, 0.05) is 29.6 Å². The van der Waals surface area contributed by atoms with E-state index in [0.717, 1.165) is 36.1 Å². The number of nitrogens with zero attached hydrogens (tertiary/aromatic N) is 2. The zero-order chi connectivity index (χ0) is 28.2. The standard InChI is InChI=1S/C31H40N2O6/c1-30(2,3)29(35)24-18-23(32-38-24)28-26(21-14-15-21)27(33-39-28)22(17-25(34)37-31(4,5)6)13-10-16-36-19-20-11-8-7-9-12-20/h7-9,11-12,18,21-22H,10,13-17,19H2,1-6H3/t22-/m0/s1. The zero-order valence-corrected chi connectivity index (χ0v) is 23.9. The molecule has 2 aromatic heterocycles. The predicted octanol–water partition coefficient (Wildman–Crippen LogP) is 7.25. The lowest BCUT2D eigenvalue weighted by Gasteiger charge is -2.22. The lowest BCUT2D eigenvalue weighted by molar-refractivity contribution is -0.155. The number of hydrogen-bond donors (Lipinski definition) is 0. The number of aromatic nitrogens is 2. The number of rotatable bonds is 12. The molecule has 1 aromatic carbocycles. The van der Waals surface area contributed by atoms with Crippen LogP contribution in [0.3, 0.4) is 0 Å². The van der Waals surface area contributed by atoms with Crippen molar-refractivity contribution in [1.82, 2.24) is 10.3 Å². The van der Waals surface area contributed by atoms with Gasteiger partial charge in [0.25, 0.3) is 0 Å². The second-order valence-corrected chi connectivity index (χ2v) is 12.4. The highest BCUT2D eigenvalue weighted by molar-refractivity contribution is 5.98. The van der Waals surface area contributed by atoms with Gasteiger partial charge in [-0.2, -0.15) is 0 Å². The summed E-state index contributed by atoms with van der Waals surface area (Å²) >= 11 is 0. The van der Waals surface area contributed by atoms with Crippen LogP contribution in [0.1, 0.15) is 113 Å². The van der Waals surface area contributed by atoms with Crippen molar-refractivity contribution in [2.24, 2.45) is 5.41 Å². The summed E-state index contributed by atoms with van der Waals surface area (Å²) < 4.78 is 22.8. The summed E-state index contributed by atoms with van der Waals surface area (Å²) in [5.41, 5.74) is 2.11. The second kappa shape index (κ2) is 11.9. The van der Waals surface area contributed by atoms with Crippen molar-refractivity contribution in [3.8, 4) is 11.5 Å². The first kappa shape index (κ1) is 28.7. The molecule has 1 saturated carbocycles. The fourth-order valence-corrected chi connectivity index (χ4v) is 4.53. The fraction of sp³-hybridized carbons (Fsp3) is 0.548. The fourth-order valence-electron chi connectivity index (χ4n) is 4.53. The minimum atomic E-state index is -0.593. The van der Waals surface area contributed by atoms with E-state index in [0.29, 0.717) is 31.1 Å². The molecule has 0 N–H and O–H groups in total. The van der Waals surface area contributed by atoms with Crippen LogP contribution in [-0.2, 0) is 20.9 Å². The number of carbonyl (C=O) groups is 2. The Morgan fingerprint density at radius 2 is 1.74 bits per heavy atom. The first-order chi connectivity index (χ1) is 18.4. The second-order valence-electron chi connectivity index (χ2n) is 12.4. The number of carbonyl (C=O) groups excluding carboxylic acids is 2. The summed E-state index contributed by atoms with van der Waals surface area (Å²) in [6, 6.07) is 11.7. The Morgan fingerprint density at radius 1 is 1.03 bits per heavy atom. The molecule has 0 spiro atoms. The van der Waals surface area contributed by atoms with Gasteiger partial charge in [-0.05, 0) is 57.9 Å². The third-order valence-electron chi connectivity index (χ3n) is 6.56. The Balaban J connectivity index is 1.53. The Bertz CT molecular complexity index is 1260. The number of benzene rings is 1.